The molecule has 20 heavy (non-hydrogen) atoms. The summed E-state index contributed by atoms with van der Waals surface area (Å²) in [5.41, 5.74) is 1.37. The van der Waals surface area contributed by atoms with Gasteiger partial charge < -0.3 is 9.88 Å². The number of aryl methyl sites for hydroxylation is 1. The first-order chi connectivity index (χ1) is 9.83. The van der Waals surface area contributed by atoms with E-state index in [0.29, 0.717) is 0 Å². The van der Waals surface area contributed by atoms with Gasteiger partial charge in [0.2, 0.25) is 0 Å². The van der Waals surface area contributed by atoms with Gasteiger partial charge in [-0.2, -0.15) is 0 Å². The summed E-state index contributed by atoms with van der Waals surface area (Å²) in [4.78, 5) is 6.95. The highest BCUT2D eigenvalue weighted by Crippen LogP contribution is 2.16. The molecule has 2 heterocycles. The fourth-order valence-corrected chi connectivity index (χ4v) is 3.13. The molecule has 0 spiro atoms. The maximum atomic E-state index is 4.33. The van der Waals surface area contributed by atoms with E-state index in [4.69, 9.17) is 0 Å². The van der Waals surface area contributed by atoms with E-state index in [1.165, 1.54) is 57.6 Å². The Kier molecular flexibility index (Phi) is 6.54. The largest absolute Gasteiger partial charge is 0.333 e. The van der Waals surface area contributed by atoms with Crippen LogP contribution in [0, 0.1) is 5.92 Å². The van der Waals surface area contributed by atoms with Crippen LogP contribution in [0.3, 0.4) is 0 Å². The minimum atomic E-state index is 0.866. The zero-order valence-corrected chi connectivity index (χ0v) is 13.1. The molecule has 1 saturated heterocycles. The van der Waals surface area contributed by atoms with Crippen LogP contribution in [0.5, 0.6) is 0 Å². The highest BCUT2D eigenvalue weighted by Gasteiger charge is 2.17. The molecule has 1 aromatic rings. The highest BCUT2D eigenvalue weighted by atomic mass is 15.2. The Bertz CT molecular complexity index is 368. The quantitative estimate of drug-likeness (QED) is 0.793. The molecule has 1 aliphatic heterocycles. The Morgan fingerprint density at radius 1 is 1.30 bits per heavy atom. The van der Waals surface area contributed by atoms with Crippen molar-refractivity contribution in [2.75, 3.05) is 26.2 Å². The van der Waals surface area contributed by atoms with Gasteiger partial charge in [0.25, 0.3) is 0 Å². The fraction of sp³-hybridized carbons (Fsp3) is 0.812. The van der Waals surface area contributed by atoms with Crippen molar-refractivity contribution in [2.45, 2.75) is 52.6 Å². The summed E-state index contributed by atoms with van der Waals surface area (Å²) in [7, 11) is 0. The molecular weight excluding hydrogens is 248 g/mol. The molecule has 1 aliphatic rings. The summed E-state index contributed by atoms with van der Waals surface area (Å²) < 4.78 is 2.31. The van der Waals surface area contributed by atoms with Crippen molar-refractivity contribution < 1.29 is 0 Å². The minimum Gasteiger partial charge on any atom is -0.333 e. The monoisotopic (exact) mass is 278 g/mol. The summed E-state index contributed by atoms with van der Waals surface area (Å²) in [6.07, 6.45) is 9.08. The smallest absolute Gasteiger partial charge is 0.0948 e. The van der Waals surface area contributed by atoms with Gasteiger partial charge in [0, 0.05) is 25.8 Å². The molecule has 1 aromatic heterocycles. The van der Waals surface area contributed by atoms with Gasteiger partial charge in [-0.1, -0.05) is 13.8 Å². The molecule has 0 amide bonds. The lowest BCUT2D eigenvalue weighted by atomic mass is 9.97. The first-order valence-corrected chi connectivity index (χ1v) is 8.25. The molecule has 1 fully saturated rings. The van der Waals surface area contributed by atoms with Gasteiger partial charge >= 0.3 is 0 Å². The van der Waals surface area contributed by atoms with Gasteiger partial charge in [-0.15, -0.1) is 0 Å². The number of piperidine rings is 1. The zero-order chi connectivity index (χ0) is 14.2. The molecule has 1 N–H and O–H groups in total. The Morgan fingerprint density at radius 2 is 2.10 bits per heavy atom. The van der Waals surface area contributed by atoms with Crippen molar-refractivity contribution >= 4 is 0 Å². The summed E-state index contributed by atoms with van der Waals surface area (Å²) >= 11 is 0. The van der Waals surface area contributed by atoms with E-state index >= 15 is 0 Å². The molecule has 2 rings (SSSR count). The minimum absolute atomic E-state index is 0.866. The molecule has 114 valence electrons. The fourth-order valence-electron chi connectivity index (χ4n) is 3.13. The van der Waals surface area contributed by atoms with Crippen LogP contribution in [-0.4, -0.2) is 40.6 Å². The molecule has 4 heteroatoms. The van der Waals surface area contributed by atoms with Gasteiger partial charge in [0.05, 0.1) is 12.0 Å². The van der Waals surface area contributed by atoms with Crippen molar-refractivity contribution in [3.8, 4) is 0 Å². The zero-order valence-electron chi connectivity index (χ0n) is 13.1. The second-order valence-corrected chi connectivity index (χ2v) is 6.01. The van der Waals surface area contributed by atoms with E-state index in [1.54, 1.807) is 0 Å². The van der Waals surface area contributed by atoms with Gasteiger partial charge in [-0.25, -0.2) is 4.98 Å². The average molecular weight is 278 g/mol. The van der Waals surface area contributed by atoms with Crippen LogP contribution in [0.25, 0.3) is 0 Å². The lowest BCUT2D eigenvalue weighted by Gasteiger charge is -2.30. The summed E-state index contributed by atoms with van der Waals surface area (Å²) in [5, 5.41) is 3.46. The normalized spacial score (nSPS) is 16.9. The van der Waals surface area contributed by atoms with Gasteiger partial charge in [0.15, 0.2) is 0 Å². The number of nitrogens with one attached hydrogen (secondary N) is 1. The van der Waals surface area contributed by atoms with E-state index in [9.17, 15) is 0 Å². The van der Waals surface area contributed by atoms with Crippen molar-refractivity contribution in [3.05, 3.63) is 18.2 Å². The number of hydrogen-bond donors (Lipinski definition) is 1. The van der Waals surface area contributed by atoms with Crippen LogP contribution in [0.15, 0.2) is 12.5 Å². The molecule has 0 unspecified atom stereocenters. The third-order valence-corrected chi connectivity index (χ3v) is 4.16. The summed E-state index contributed by atoms with van der Waals surface area (Å²) in [5.74, 6) is 0.866. The molecule has 0 aromatic carbocycles. The van der Waals surface area contributed by atoms with E-state index in [-0.39, 0.29) is 0 Å². The maximum absolute atomic E-state index is 4.33. The van der Waals surface area contributed by atoms with Crippen molar-refractivity contribution in [1.29, 1.82) is 0 Å². The van der Waals surface area contributed by atoms with E-state index in [1.807, 2.05) is 12.5 Å². The molecule has 4 nitrogen and oxygen atoms in total. The van der Waals surface area contributed by atoms with Gasteiger partial charge in [-0.05, 0) is 51.2 Å². The van der Waals surface area contributed by atoms with Crippen LogP contribution < -0.4 is 5.32 Å². The number of aromatic nitrogens is 2. The van der Waals surface area contributed by atoms with Crippen molar-refractivity contribution in [1.82, 2.24) is 19.8 Å². The third-order valence-electron chi connectivity index (χ3n) is 4.16. The van der Waals surface area contributed by atoms with E-state index < -0.39 is 0 Å². The summed E-state index contributed by atoms with van der Waals surface area (Å²) in [6.45, 7) is 11.5. The molecule has 0 bridgehead atoms. The van der Waals surface area contributed by atoms with Crippen molar-refractivity contribution in [3.63, 3.8) is 0 Å². The Labute approximate surface area is 123 Å². The lowest BCUT2D eigenvalue weighted by Crippen LogP contribution is -2.36. The topological polar surface area (TPSA) is 33.1 Å². The number of hydrogen-bond acceptors (Lipinski definition) is 3. The van der Waals surface area contributed by atoms with Crippen LogP contribution in [0.2, 0.25) is 0 Å². The molecule has 0 aliphatic carbocycles. The Hall–Kier alpha value is -0.870. The number of imidazole rings is 1. The molecule has 0 radical (unpaired) electrons. The number of rotatable bonds is 8. The number of nitrogens with zero attached hydrogens (tertiary/aromatic N) is 3. The van der Waals surface area contributed by atoms with Crippen LogP contribution in [0.1, 0.15) is 45.2 Å². The predicted octanol–water partition coefficient (Wildman–Crippen LogP) is 2.50. The summed E-state index contributed by atoms with van der Waals surface area (Å²) in [6, 6.07) is 0. The standard InChI is InChI=1S/C16H30N4/c1-3-9-19(12-15-5-7-17-8-6-15)13-16-11-18-14-20(16)10-4-2/h11,14-15,17H,3-10,12-13H2,1-2H3. The van der Waals surface area contributed by atoms with Crippen LogP contribution in [0.4, 0.5) is 0 Å². The van der Waals surface area contributed by atoms with E-state index in [2.05, 4.69) is 33.6 Å². The first kappa shape index (κ1) is 15.5. The second kappa shape index (κ2) is 8.42. The lowest BCUT2D eigenvalue weighted by molar-refractivity contribution is 0.195. The van der Waals surface area contributed by atoms with Crippen molar-refractivity contribution in [2.24, 2.45) is 5.92 Å². The molecule has 0 atom stereocenters. The highest BCUT2D eigenvalue weighted by molar-refractivity contribution is 4.98. The Balaban J connectivity index is 1.91. The van der Waals surface area contributed by atoms with Gasteiger partial charge in [-0.3, -0.25) is 4.90 Å². The maximum Gasteiger partial charge on any atom is 0.0948 e. The van der Waals surface area contributed by atoms with E-state index in [0.717, 1.165) is 19.0 Å². The molecular formula is C16H30N4. The second-order valence-electron chi connectivity index (χ2n) is 6.01. The van der Waals surface area contributed by atoms with Crippen LogP contribution >= 0.6 is 0 Å². The first-order valence-electron chi connectivity index (χ1n) is 8.25. The van der Waals surface area contributed by atoms with Crippen LogP contribution in [-0.2, 0) is 13.1 Å². The SMILES string of the molecule is CCCN(Cc1cncn1CCC)CC1CCNCC1. The predicted molar refractivity (Wildman–Crippen MR) is 83.7 cm³/mol. The average Bonchev–Trinajstić information content (AvgIpc) is 2.88. The van der Waals surface area contributed by atoms with Gasteiger partial charge in [0.1, 0.15) is 0 Å². The third kappa shape index (κ3) is 4.60. The Morgan fingerprint density at radius 3 is 2.80 bits per heavy atom. The molecule has 0 saturated carbocycles.